The largest absolute Gasteiger partial charge is 0.462 e. The third-order valence-corrected chi connectivity index (χ3v) is 10.9. The van der Waals surface area contributed by atoms with E-state index >= 15 is 0 Å². The van der Waals surface area contributed by atoms with Gasteiger partial charge in [0, 0.05) is 19.3 Å². The molecule has 0 aliphatic heterocycles. The molecule has 0 aliphatic rings. The third-order valence-electron chi connectivity index (χ3n) is 10.9. The van der Waals surface area contributed by atoms with Gasteiger partial charge in [-0.3, -0.25) is 14.4 Å². The number of esters is 3. The van der Waals surface area contributed by atoms with Gasteiger partial charge in [-0.1, -0.05) is 233 Å². The van der Waals surface area contributed by atoms with Gasteiger partial charge in [0.05, 0.1) is 0 Å². The Morgan fingerprint density at radius 2 is 0.500 bits per heavy atom. The van der Waals surface area contributed by atoms with E-state index in [0.29, 0.717) is 19.3 Å². The molecule has 0 rings (SSSR count). The molecule has 54 heavy (non-hydrogen) atoms. The predicted octanol–water partition coefficient (Wildman–Crippen LogP) is 15.3. The molecule has 0 amide bonds. The molecule has 0 aromatic rings. The lowest BCUT2D eigenvalue weighted by atomic mass is 10.0. The van der Waals surface area contributed by atoms with Gasteiger partial charge in [0.1, 0.15) is 13.2 Å². The fraction of sp³-hybridized carbons (Fsp3) is 0.938. The lowest BCUT2D eigenvalue weighted by Gasteiger charge is -2.18. The Kier molecular flexibility index (Phi) is 42.8. The van der Waals surface area contributed by atoms with Gasteiger partial charge >= 0.3 is 17.9 Å². The van der Waals surface area contributed by atoms with Crippen molar-refractivity contribution in [3.05, 3.63) is 0 Å². The maximum absolute atomic E-state index is 12.7. The number of carbonyl (C=O) groups excluding carboxylic acids is 3. The minimum atomic E-state index is -0.757. The normalized spacial score (nSPS) is 11.8. The molecule has 0 saturated heterocycles. The number of unbranched alkanes of at least 4 members (excludes halogenated alkanes) is 33. The van der Waals surface area contributed by atoms with E-state index in [9.17, 15) is 14.4 Å². The van der Waals surface area contributed by atoms with Crippen LogP contribution in [0.15, 0.2) is 0 Å². The van der Waals surface area contributed by atoms with Crippen molar-refractivity contribution in [3.63, 3.8) is 0 Å². The SMILES string of the molecule is CCCCCCCCCCCCCCCCCCCCC(=O)O[C@H](COC(=O)CCCCCCC)COC(=O)CCCCCCCCCCCCCCC. The molecule has 320 valence electrons. The molecular formula is C48H92O6. The first-order chi connectivity index (χ1) is 26.5. The molecule has 0 N–H and O–H groups in total. The minimum Gasteiger partial charge on any atom is -0.462 e. The molecule has 6 heteroatoms. The van der Waals surface area contributed by atoms with E-state index in [0.717, 1.165) is 64.2 Å². The van der Waals surface area contributed by atoms with Crippen LogP contribution in [0.3, 0.4) is 0 Å². The Morgan fingerprint density at radius 1 is 0.296 bits per heavy atom. The van der Waals surface area contributed by atoms with Crippen LogP contribution in [0.5, 0.6) is 0 Å². The van der Waals surface area contributed by atoms with Crippen molar-refractivity contribution >= 4 is 17.9 Å². The highest BCUT2D eigenvalue weighted by Crippen LogP contribution is 2.16. The zero-order valence-electron chi connectivity index (χ0n) is 36.5. The van der Waals surface area contributed by atoms with Crippen LogP contribution in [0.2, 0.25) is 0 Å². The molecule has 0 aliphatic carbocycles. The summed E-state index contributed by atoms with van der Waals surface area (Å²) in [6.45, 7) is 6.59. The van der Waals surface area contributed by atoms with E-state index in [-0.39, 0.29) is 31.1 Å². The number of carbonyl (C=O) groups is 3. The monoisotopic (exact) mass is 765 g/mol. The highest BCUT2D eigenvalue weighted by molar-refractivity contribution is 5.71. The van der Waals surface area contributed by atoms with E-state index < -0.39 is 6.10 Å². The van der Waals surface area contributed by atoms with Gasteiger partial charge < -0.3 is 14.2 Å². The molecular weight excluding hydrogens is 673 g/mol. The van der Waals surface area contributed by atoms with Crippen molar-refractivity contribution in [1.82, 2.24) is 0 Å². The first-order valence-electron chi connectivity index (χ1n) is 24.0. The summed E-state index contributed by atoms with van der Waals surface area (Å²) in [5.74, 6) is -0.862. The van der Waals surface area contributed by atoms with Gasteiger partial charge in [0.15, 0.2) is 6.10 Å². The van der Waals surface area contributed by atoms with Crippen molar-refractivity contribution in [2.75, 3.05) is 13.2 Å². The second-order valence-electron chi connectivity index (χ2n) is 16.4. The molecule has 6 nitrogen and oxygen atoms in total. The zero-order chi connectivity index (χ0) is 39.4. The zero-order valence-corrected chi connectivity index (χ0v) is 36.5. The number of hydrogen-bond acceptors (Lipinski definition) is 6. The maximum atomic E-state index is 12.7. The Bertz CT molecular complexity index is 798. The van der Waals surface area contributed by atoms with Crippen LogP contribution < -0.4 is 0 Å². The summed E-state index contributed by atoms with van der Waals surface area (Å²) in [5.41, 5.74) is 0. The lowest BCUT2D eigenvalue weighted by Crippen LogP contribution is -2.30. The van der Waals surface area contributed by atoms with Gasteiger partial charge in [-0.05, 0) is 19.3 Å². The Balaban J connectivity index is 4.13. The summed E-state index contributed by atoms with van der Waals surface area (Å²) in [5, 5.41) is 0. The standard InChI is InChI=1S/C48H92O6/c1-4-7-10-13-15-17-19-21-22-23-24-25-27-29-31-33-36-39-42-48(51)54-45(43-52-46(49)40-37-34-12-9-6-3)44-53-47(50)41-38-35-32-30-28-26-20-18-16-14-11-8-5-2/h45H,4-44H2,1-3H3/t45-/m1/s1. The molecule has 0 radical (unpaired) electrons. The lowest BCUT2D eigenvalue weighted by molar-refractivity contribution is -0.167. The van der Waals surface area contributed by atoms with Crippen LogP contribution in [-0.4, -0.2) is 37.2 Å². The van der Waals surface area contributed by atoms with E-state index in [1.54, 1.807) is 0 Å². The van der Waals surface area contributed by atoms with Crippen LogP contribution in [0, 0.1) is 0 Å². The summed E-state index contributed by atoms with van der Waals surface area (Å²) in [4.78, 5) is 37.5. The predicted molar refractivity (Wildman–Crippen MR) is 229 cm³/mol. The molecule has 0 unspecified atom stereocenters. The van der Waals surface area contributed by atoms with Crippen LogP contribution in [-0.2, 0) is 28.6 Å². The summed E-state index contributed by atoms with van der Waals surface area (Å²) in [6.07, 6.45) is 45.5. The van der Waals surface area contributed by atoms with Crippen LogP contribution in [0.4, 0.5) is 0 Å². The average Bonchev–Trinajstić information content (AvgIpc) is 3.17. The molecule has 0 aromatic heterocycles. The van der Waals surface area contributed by atoms with Gasteiger partial charge in [-0.15, -0.1) is 0 Å². The molecule has 1 atom stereocenters. The highest BCUT2D eigenvalue weighted by atomic mass is 16.6. The number of ether oxygens (including phenoxy) is 3. The summed E-state index contributed by atoms with van der Waals surface area (Å²) in [6, 6.07) is 0. The fourth-order valence-electron chi connectivity index (χ4n) is 7.21. The molecule has 0 heterocycles. The first kappa shape index (κ1) is 52.4. The van der Waals surface area contributed by atoms with Gasteiger partial charge in [-0.25, -0.2) is 0 Å². The Labute approximate surface area is 336 Å². The van der Waals surface area contributed by atoms with Crippen molar-refractivity contribution in [1.29, 1.82) is 0 Å². The van der Waals surface area contributed by atoms with Gasteiger partial charge in [-0.2, -0.15) is 0 Å². The van der Waals surface area contributed by atoms with Crippen LogP contribution in [0.25, 0.3) is 0 Å². The maximum Gasteiger partial charge on any atom is 0.306 e. The van der Waals surface area contributed by atoms with Crippen molar-refractivity contribution in [2.24, 2.45) is 0 Å². The van der Waals surface area contributed by atoms with E-state index in [1.807, 2.05) is 0 Å². The van der Waals surface area contributed by atoms with Gasteiger partial charge in [0.25, 0.3) is 0 Å². The van der Waals surface area contributed by atoms with Crippen LogP contribution in [0.1, 0.15) is 271 Å². The fourth-order valence-corrected chi connectivity index (χ4v) is 7.21. The van der Waals surface area contributed by atoms with Gasteiger partial charge in [0.2, 0.25) is 0 Å². The second-order valence-corrected chi connectivity index (χ2v) is 16.4. The van der Waals surface area contributed by atoms with Crippen molar-refractivity contribution < 1.29 is 28.6 Å². The average molecular weight is 765 g/mol. The van der Waals surface area contributed by atoms with E-state index in [4.69, 9.17) is 14.2 Å². The Morgan fingerprint density at radius 3 is 0.741 bits per heavy atom. The summed E-state index contributed by atoms with van der Waals surface area (Å²) < 4.78 is 16.6. The van der Waals surface area contributed by atoms with Crippen molar-refractivity contribution in [3.8, 4) is 0 Å². The first-order valence-corrected chi connectivity index (χ1v) is 24.0. The van der Waals surface area contributed by atoms with Crippen molar-refractivity contribution in [2.45, 2.75) is 277 Å². The minimum absolute atomic E-state index is 0.0636. The second kappa shape index (κ2) is 44.1. The molecule has 0 fully saturated rings. The third kappa shape index (κ3) is 41.6. The molecule has 0 spiro atoms. The summed E-state index contributed by atoms with van der Waals surface area (Å²) in [7, 11) is 0. The smallest absolute Gasteiger partial charge is 0.306 e. The number of hydrogen-bond donors (Lipinski definition) is 0. The highest BCUT2D eigenvalue weighted by Gasteiger charge is 2.19. The molecule has 0 aromatic carbocycles. The summed E-state index contributed by atoms with van der Waals surface area (Å²) >= 11 is 0. The molecule has 0 bridgehead atoms. The van der Waals surface area contributed by atoms with E-state index in [2.05, 4.69) is 20.8 Å². The molecule has 0 saturated carbocycles. The van der Waals surface area contributed by atoms with Crippen LogP contribution >= 0.6 is 0 Å². The topological polar surface area (TPSA) is 78.9 Å². The number of rotatable bonds is 44. The van der Waals surface area contributed by atoms with E-state index in [1.165, 1.54) is 167 Å². The Hall–Kier alpha value is -1.59. The quantitative estimate of drug-likeness (QED) is 0.0349.